The Morgan fingerprint density at radius 1 is 1.00 bits per heavy atom. The van der Waals surface area contributed by atoms with Crippen molar-refractivity contribution >= 4 is 17.3 Å². The van der Waals surface area contributed by atoms with Gasteiger partial charge in [-0.25, -0.2) is 0 Å². The van der Waals surface area contributed by atoms with Gasteiger partial charge in [0.1, 0.15) is 5.56 Å². The molecule has 0 saturated heterocycles. The molecule has 0 bridgehead atoms. The molecule has 0 aliphatic heterocycles. The van der Waals surface area contributed by atoms with Gasteiger partial charge in [0.05, 0.1) is 4.92 Å². The van der Waals surface area contributed by atoms with E-state index in [0.717, 1.165) is 11.6 Å². The van der Waals surface area contributed by atoms with Gasteiger partial charge in [-0.05, 0) is 35.2 Å². The molecule has 0 radical (unpaired) electrons. The Morgan fingerprint density at radius 3 is 2.14 bits per heavy atom. The van der Waals surface area contributed by atoms with E-state index in [1.165, 1.54) is 0 Å². The quantitative estimate of drug-likeness (QED) is 0.260. The fourth-order valence-electron chi connectivity index (χ4n) is 3.74. The Balaban J connectivity index is 2.01. The lowest BCUT2D eigenvalue weighted by Gasteiger charge is -2.32. The van der Waals surface area contributed by atoms with E-state index in [1.807, 2.05) is 18.2 Å². The number of nitrogens with one attached hydrogen (secondary N) is 1. The van der Waals surface area contributed by atoms with Crippen LogP contribution in [0.5, 0.6) is 0 Å². The second-order valence-corrected chi connectivity index (χ2v) is 8.84. The topological polar surface area (TPSA) is 92.5 Å². The van der Waals surface area contributed by atoms with E-state index in [2.05, 4.69) is 17.2 Å². The summed E-state index contributed by atoms with van der Waals surface area (Å²) in [5.74, 6) is 4.29. The lowest BCUT2D eigenvalue weighted by molar-refractivity contribution is -0.388. The number of carbonyl (C=O) groups is 1. The number of halogens is 3. The number of hydrogen-bond donors (Lipinski definition) is 2. The largest absolute Gasteiger partial charge is 0.423 e. The van der Waals surface area contributed by atoms with E-state index in [-0.39, 0.29) is 12.1 Å². The molecule has 9 heteroatoms. The van der Waals surface area contributed by atoms with Crippen LogP contribution in [-0.2, 0) is 16.4 Å². The van der Waals surface area contributed by atoms with Gasteiger partial charge in [-0.1, -0.05) is 74.2 Å². The number of amides is 1. The van der Waals surface area contributed by atoms with Gasteiger partial charge < -0.3 is 10.4 Å². The second kappa shape index (κ2) is 10.2. The highest BCUT2D eigenvalue weighted by Crippen LogP contribution is 2.38. The summed E-state index contributed by atoms with van der Waals surface area (Å²) in [5, 5.41) is 24.7. The van der Waals surface area contributed by atoms with Crippen LogP contribution in [0.15, 0.2) is 78.9 Å². The molecule has 0 aromatic heterocycles. The molecule has 1 unspecified atom stereocenters. The SMILES string of the molecule is CC(C)(CC(O)(C#Cc1ccccc1)C(=O)Nc1ccc([N+](=O)[O-])c(C(F)(F)F)c1)c1ccccc1. The van der Waals surface area contributed by atoms with Gasteiger partial charge in [-0.15, -0.1) is 0 Å². The Labute approximate surface area is 205 Å². The van der Waals surface area contributed by atoms with Gasteiger partial charge in [-0.3, -0.25) is 14.9 Å². The van der Waals surface area contributed by atoms with Crippen molar-refractivity contribution in [3.8, 4) is 11.8 Å². The number of hydrogen-bond acceptors (Lipinski definition) is 4. The number of aliphatic hydroxyl groups is 1. The number of benzene rings is 3. The first kappa shape index (κ1) is 26.4. The second-order valence-electron chi connectivity index (χ2n) is 8.84. The van der Waals surface area contributed by atoms with Crippen molar-refractivity contribution in [3.63, 3.8) is 0 Å². The van der Waals surface area contributed by atoms with E-state index in [0.29, 0.717) is 17.7 Å². The standard InChI is InChI=1S/C27H23F3N2O4/c1-25(2,20-11-7-4-8-12-20)18-26(34,16-15-19-9-5-3-6-10-19)24(33)31-21-13-14-23(32(35)36)22(17-21)27(28,29)30/h3-14,17,34H,18H2,1-2H3,(H,31,33). The number of nitro benzene ring substituents is 1. The lowest BCUT2D eigenvalue weighted by Crippen LogP contribution is -2.46. The van der Waals surface area contributed by atoms with Gasteiger partial charge in [0, 0.05) is 23.7 Å². The molecule has 1 atom stereocenters. The highest BCUT2D eigenvalue weighted by atomic mass is 19.4. The van der Waals surface area contributed by atoms with E-state index < -0.39 is 39.3 Å². The van der Waals surface area contributed by atoms with Crippen molar-refractivity contribution in [2.45, 2.75) is 37.5 Å². The van der Waals surface area contributed by atoms with Crippen LogP contribution in [0.4, 0.5) is 24.5 Å². The van der Waals surface area contributed by atoms with E-state index in [4.69, 9.17) is 0 Å². The van der Waals surface area contributed by atoms with Crippen molar-refractivity contribution in [2.75, 3.05) is 5.32 Å². The van der Waals surface area contributed by atoms with Gasteiger partial charge in [0.15, 0.2) is 0 Å². The number of rotatable bonds is 6. The zero-order valence-electron chi connectivity index (χ0n) is 19.5. The summed E-state index contributed by atoms with van der Waals surface area (Å²) in [5.41, 5.74) is -4.77. The summed E-state index contributed by atoms with van der Waals surface area (Å²) in [6.07, 6.45) is -5.21. The first-order valence-corrected chi connectivity index (χ1v) is 10.8. The minimum absolute atomic E-state index is 0.186. The summed E-state index contributed by atoms with van der Waals surface area (Å²) in [7, 11) is 0. The molecule has 2 N–H and O–H groups in total. The maximum Gasteiger partial charge on any atom is 0.423 e. The highest BCUT2D eigenvalue weighted by Gasteiger charge is 2.42. The molecule has 0 aliphatic rings. The van der Waals surface area contributed by atoms with Gasteiger partial charge in [-0.2, -0.15) is 13.2 Å². The molecule has 3 rings (SSSR count). The normalized spacial score (nSPS) is 13.2. The molecule has 3 aromatic rings. The molecular weight excluding hydrogens is 473 g/mol. The Bertz CT molecular complexity index is 1310. The molecule has 0 aliphatic carbocycles. The number of nitrogens with zero attached hydrogens (tertiary/aromatic N) is 1. The molecule has 36 heavy (non-hydrogen) atoms. The summed E-state index contributed by atoms with van der Waals surface area (Å²) in [6, 6.07) is 19.8. The predicted octanol–water partition coefficient (Wildman–Crippen LogP) is 5.70. The average Bonchev–Trinajstić information content (AvgIpc) is 2.83. The smallest absolute Gasteiger partial charge is 0.369 e. The van der Waals surface area contributed by atoms with Crippen molar-refractivity contribution in [2.24, 2.45) is 0 Å². The van der Waals surface area contributed by atoms with Crippen LogP contribution in [0.3, 0.4) is 0 Å². The first-order valence-electron chi connectivity index (χ1n) is 10.8. The summed E-state index contributed by atoms with van der Waals surface area (Å²) < 4.78 is 40.2. The molecule has 3 aromatic carbocycles. The van der Waals surface area contributed by atoms with Crippen LogP contribution >= 0.6 is 0 Å². The van der Waals surface area contributed by atoms with Crippen LogP contribution in [0.1, 0.15) is 37.0 Å². The summed E-state index contributed by atoms with van der Waals surface area (Å²) >= 11 is 0. The minimum Gasteiger partial charge on any atom is -0.369 e. The van der Waals surface area contributed by atoms with Crippen LogP contribution in [0.25, 0.3) is 0 Å². The third-order valence-corrected chi connectivity index (χ3v) is 5.57. The summed E-state index contributed by atoms with van der Waals surface area (Å²) in [4.78, 5) is 23.1. The Morgan fingerprint density at radius 2 is 1.58 bits per heavy atom. The fourth-order valence-corrected chi connectivity index (χ4v) is 3.74. The zero-order chi connectivity index (χ0) is 26.6. The van der Waals surface area contributed by atoms with Crippen LogP contribution < -0.4 is 5.32 Å². The van der Waals surface area contributed by atoms with Gasteiger partial charge in [0.2, 0.25) is 5.60 Å². The van der Waals surface area contributed by atoms with Crippen molar-refractivity contribution < 1.29 is 28.0 Å². The monoisotopic (exact) mass is 496 g/mol. The number of nitro groups is 1. The van der Waals surface area contributed by atoms with Crippen LogP contribution in [0.2, 0.25) is 0 Å². The Hall–Kier alpha value is -4.16. The molecule has 186 valence electrons. The van der Waals surface area contributed by atoms with Crippen LogP contribution in [-0.4, -0.2) is 21.5 Å². The van der Waals surface area contributed by atoms with Crippen molar-refractivity contribution in [1.29, 1.82) is 0 Å². The fraction of sp³-hybridized carbons (Fsp3) is 0.222. The minimum atomic E-state index is -5.03. The maximum atomic E-state index is 13.4. The lowest BCUT2D eigenvalue weighted by atomic mass is 9.75. The molecular formula is C27H23F3N2O4. The molecule has 6 nitrogen and oxygen atoms in total. The van der Waals surface area contributed by atoms with Gasteiger partial charge in [0.25, 0.3) is 11.6 Å². The highest BCUT2D eigenvalue weighted by molar-refractivity contribution is 6.00. The van der Waals surface area contributed by atoms with E-state index >= 15 is 0 Å². The Kier molecular flexibility index (Phi) is 7.51. The van der Waals surface area contributed by atoms with Crippen molar-refractivity contribution in [1.82, 2.24) is 0 Å². The van der Waals surface area contributed by atoms with E-state index in [1.54, 1.807) is 56.3 Å². The number of alkyl halides is 3. The molecule has 0 saturated carbocycles. The number of anilines is 1. The van der Waals surface area contributed by atoms with Gasteiger partial charge >= 0.3 is 6.18 Å². The third-order valence-electron chi connectivity index (χ3n) is 5.57. The molecule has 1 amide bonds. The van der Waals surface area contributed by atoms with Crippen LogP contribution in [0, 0.1) is 22.0 Å². The molecule has 0 spiro atoms. The summed E-state index contributed by atoms with van der Waals surface area (Å²) in [6.45, 7) is 3.61. The average molecular weight is 496 g/mol. The zero-order valence-corrected chi connectivity index (χ0v) is 19.5. The predicted molar refractivity (Wildman–Crippen MR) is 129 cm³/mol. The first-order chi connectivity index (χ1) is 16.8. The molecule has 0 fully saturated rings. The maximum absolute atomic E-state index is 13.4. The van der Waals surface area contributed by atoms with Crippen molar-refractivity contribution in [3.05, 3.63) is 106 Å². The molecule has 0 heterocycles. The van der Waals surface area contributed by atoms with E-state index in [9.17, 15) is 33.2 Å². The third kappa shape index (κ3) is 6.29. The number of carbonyl (C=O) groups excluding carboxylic acids is 1.